The minimum absolute atomic E-state index is 0.365. The summed E-state index contributed by atoms with van der Waals surface area (Å²) in [5.41, 5.74) is 0. The van der Waals surface area contributed by atoms with Crippen LogP contribution in [0.5, 0.6) is 0 Å². The van der Waals surface area contributed by atoms with Crippen molar-refractivity contribution in [3.05, 3.63) is 0 Å². The molecule has 2 aliphatic heterocycles. The second-order valence-corrected chi connectivity index (χ2v) is 2.94. The van der Waals surface area contributed by atoms with E-state index in [2.05, 4.69) is 21.3 Å². The molecule has 0 bridgehead atoms. The molecule has 3 amide bonds. The first kappa shape index (κ1) is 7.29. The van der Waals surface area contributed by atoms with Gasteiger partial charge in [0.25, 0.3) is 5.91 Å². The average Bonchev–Trinajstić information content (AvgIpc) is 2.29. The highest BCUT2D eigenvalue weighted by Crippen LogP contribution is 2.02. The molecule has 2 atom stereocenters. The molecule has 0 saturated carbocycles. The van der Waals surface area contributed by atoms with Gasteiger partial charge in [-0.1, -0.05) is 0 Å². The Bertz CT molecular complexity index is 279. The Morgan fingerprint density at radius 3 is 2.67 bits per heavy atom. The van der Waals surface area contributed by atoms with Crippen molar-refractivity contribution < 1.29 is 9.59 Å². The molecule has 0 aromatic rings. The summed E-state index contributed by atoms with van der Waals surface area (Å²) in [6.07, 6.45) is -0.418. The molecule has 2 fully saturated rings. The predicted molar refractivity (Wildman–Crippen MR) is 43.1 cm³/mol. The number of hydrogen-bond donors (Lipinski definition) is 4. The number of amides is 3. The Hall–Kier alpha value is -1.37. The van der Waals surface area contributed by atoms with Crippen molar-refractivity contribution in [1.82, 2.24) is 21.3 Å². The van der Waals surface area contributed by atoms with Crippen molar-refractivity contribution in [3.63, 3.8) is 0 Å². The summed E-state index contributed by atoms with van der Waals surface area (Å²) < 4.78 is 0. The van der Waals surface area contributed by atoms with E-state index in [1.165, 1.54) is 0 Å². The molecule has 0 spiro atoms. The van der Waals surface area contributed by atoms with Crippen molar-refractivity contribution >= 4 is 29.3 Å². The van der Waals surface area contributed by atoms with Gasteiger partial charge in [-0.15, -0.1) is 0 Å². The summed E-state index contributed by atoms with van der Waals surface area (Å²) in [7, 11) is 0. The van der Waals surface area contributed by atoms with Gasteiger partial charge in [0.15, 0.2) is 5.11 Å². The number of hydrogen-bond acceptors (Lipinski definition) is 3. The van der Waals surface area contributed by atoms with E-state index in [1.807, 2.05) is 0 Å². The Balaban J connectivity index is 2.20. The second kappa shape index (κ2) is 2.31. The molecule has 64 valence electrons. The maximum atomic E-state index is 11.1. The zero-order chi connectivity index (χ0) is 8.72. The third-order valence-electron chi connectivity index (χ3n) is 1.71. The number of imide groups is 1. The van der Waals surface area contributed by atoms with Crippen molar-refractivity contribution in [3.8, 4) is 0 Å². The molecule has 2 rings (SSSR count). The Kier molecular flexibility index (Phi) is 1.40. The van der Waals surface area contributed by atoms with E-state index in [0.717, 1.165) is 0 Å². The summed E-state index contributed by atoms with van der Waals surface area (Å²) in [5.74, 6) is -0.365. The standard InChI is InChI=1S/C5H6N4O2S/c10-3-1-2(7-4(11)9-3)8-5(12)6-1/h1-2H,(H2,6,8,12)(H2,7,9,10,11). The van der Waals surface area contributed by atoms with Crippen LogP contribution in [0.4, 0.5) is 4.79 Å². The van der Waals surface area contributed by atoms with Gasteiger partial charge in [0.1, 0.15) is 12.2 Å². The number of thiocarbonyl (C=S) groups is 1. The highest BCUT2D eigenvalue weighted by Gasteiger charge is 2.40. The van der Waals surface area contributed by atoms with Crippen LogP contribution in [0.1, 0.15) is 0 Å². The molecular formula is C5H6N4O2S. The van der Waals surface area contributed by atoms with Crippen LogP contribution in [0.15, 0.2) is 0 Å². The smallest absolute Gasteiger partial charge is 0.323 e. The third-order valence-corrected chi connectivity index (χ3v) is 1.95. The fourth-order valence-corrected chi connectivity index (χ4v) is 1.45. The van der Waals surface area contributed by atoms with Gasteiger partial charge in [0.05, 0.1) is 0 Å². The highest BCUT2D eigenvalue weighted by atomic mass is 32.1. The number of carbonyl (C=O) groups excluding carboxylic acids is 2. The lowest BCUT2D eigenvalue weighted by atomic mass is 10.2. The van der Waals surface area contributed by atoms with Gasteiger partial charge in [-0.2, -0.15) is 0 Å². The molecule has 2 heterocycles. The Morgan fingerprint density at radius 2 is 1.92 bits per heavy atom. The lowest BCUT2D eigenvalue weighted by Gasteiger charge is -2.24. The molecule has 0 aliphatic carbocycles. The van der Waals surface area contributed by atoms with Crippen LogP contribution >= 0.6 is 12.2 Å². The quantitative estimate of drug-likeness (QED) is 0.329. The van der Waals surface area contributed by atoms with E-state index >= 15 is 0 Å². The molecule has 7 heteroatoms. The molecule has 2 saturated heterocycles. The first-order valence-corrected chi connectivity index (χ1v) is 3.76. The van der Waals surface area contributed by atoms with E-state index in [-0.39, 0.29) is 5.91 Å². The molecule has 2 unspecified atom stereocenters. The zero-order valence-electron chi connectivity index (χ0n) is 5.88. The van der Waals surface area contributed by atoms with Gasteiger partial charge in [0.2, 0.25) is 0 Å². The Morgan fingerprint density at radius 1 is 1.17 bits per heavy atom. The van der Waals surface area contributed by atoms with Crippen molar-refractivity contribution in [2.75, 3.05) is 0 Å². The molecule has 12 heavy (non-hydrogen) atoms. The zero-order valence-corrected chi connectivity index (χ0v) is 6.70. The first-order chi connectivity index (χ1) is 5.66. The number of urea groups is 1. The topological polar surface area (TPSA) is 82.3 Å². The highest BCUT2D eigenvalue weighted by molar-refractivity contribution is 7.80. The summed E-state index contributed by atoms with van der Waals surface area (Å²) in [6, 6.07) is -0.990. The van der Waals surface area contributed by atoms with Gasteiger partial charge in [-0.25, -0.2) is 4.79 Å². The van der Waals surface area contributed by atoms with Crippen LogP contribution < -0.4 is 21.3 Å². The minimum atomic E-state index is -0.500. The maximum Gasteiger partial charge on any atom is 0.323 e. The van der Waals surface area contributed by atoms with E-state index in [1.54, 1.807) is 0 Å². The van der Waals surface area contributed by atoms with Gasteiger partial charge in [-0.05, 0) is 12.2 Å². The van der Waals surface area contributed by atoms with E-state index in [4.69, 9.17) is 12.2 Å². The maximum absolute atomic E-state index is 11.1. The second-order valence-electron chi connectivity index (χ2n) is 2.54. The van der Waals surface area contributed by atoms with E-state index in [9.17, 15) is 9.59 Å². The van der Waals surface area contributed by atoms with Crippen molar-refractivity contribution in [2.24, 2.45) is 0 Å². The first-order valence-electron chi connectivity index (χ1n) is 3.35. The van der Waals surface area contributed by atoms with Crippen molar-refractivity contribution in [2.45, 2.75) is 12.2 Å². The van der Waals surface area contributed by atoms with Gasteiger partial charge in [0, 0.05) is 0 Å². The largest absolute Gasteiger partial charge is 0.348 e. The normalized spacial score (nSPS) is 32.8. The number of carbonyl (C=O) groups is 2. The minimum Gasteiger partial charge on any atom is -0.348 e. The van der Waals surface area contributed by atoms with Crippen LogP contribution in [0, 0.1) is 0 Å². The summed E-state index contributed by atoms with van der Waals surface area (Å²) in [5, 5.41) is 10.5. The summed E-state index contributed by atoms with van der Waals surface area (Å²) in [4.78, 5) is 21.9. The monoisotopic (exact) mass is 186 g/mol. The van der Waals surface area contributed by atoms with Crippen LogP contribution in [0.3, 0.4) is 0 Å². The van der Waals surface area contributed by atoms with E-state index in [0.29, 0.717) is 5.11 Å². The molecule has 6 nitrogen and oxygen atoms in total. The molecule has 0 radical (unpaired) electrons. The molecule has 4 N–H and O–H groups in total. The van der Waals surface area contributed by atoms with Crippen LogP contribution in [-0.4, -0.2) is 29.3 Å². The van der Waals surface area contributed by atoms with Crippen LogP contribution in [-0.2, 0) is 4.79 Å². The molecule has 2 aliphatic rings. The molecule has 0 aromatic carbocycles. The van der Waals surface area contributed by atoms with Gasteiger partial charge < -0.3 is 16.0 Å². The fraction of sp³-hybridized carbons (Fsp3) is 0.400. The van der Waals surface area contributed by atoms with Gasteiger partial charge in [-0.3, -0.25) is 10.1 Å². The summed E-state index contributed by atoms with van der Waals surface area (Å²) in [6.45, 7) is 0. The van der Waals surface area contributed by atoms with E-state index < -0.39 is 18.2 Å². The van der Waals surface area contributed by atoms with Crippen LogP contribution in [0.2, 0.25) is 0 Å². The lowest BCUT2D eigenvalue weighted by Crippen LogP contribution is -2.64. The van der Waals surface area contributed by atoms with Gasteiger partial charge >= 0.3 is 6.03 Å². The average molecular weight is 186 g/mol. The Labute approximate surface area is 73.1 Å². The lowest BCUT2D eigenvalue weighted by molar-refractivity contribution is -0.122. The SMILES string of the molecule is O=C1NC(=O)C2NC(=S)NC2N1. The number of nitrogens with one attached hydrogen (secondary N) is 4. The molecular weight excluding hydrogens is 180 g/mol. The van der Waals surface area contributed by atoms with Crippen LogP contribution in [0.25, 0.3) is 0 Å². The predicted octanol–water partition coefficient (Wildman–Crippen LogP) is -2.00. The fourth-order valence-electron chi connectivity index (χ4n) is 1.19. The van der Waals surface area contributed by atoms with Crippen molar-refractivity contribution in [1.29, 1.82) is 0 Å². The number of fused-ring (bicyclic) bond motifs is 1. The molecule has 0 aromatic heterocycles. The third kappa shape index (κ3) is 0.981. The number of rotatable bonds is 0. The summed E-state index contributed by atoms with van der Waals surface area (Å²) >= 11 is 4.77.